The molecule has 0 amide bonds. The Morgan fingerprint density at radius 2 is 1.93 bits per heavy atom. The predicted molar refractivity (Wildman–Crippen MR) is 52.4 cm³/mol. The quantitative estimate of drug-likeness (QED) is 0.803. The van der Waals surface area contributed by atoms with E-state index in [-0.39, 0.29) is 18.4 Å². The molecule has 2 atom stereocenters. The van der Waals surface area contributed by atoms with E-state index in [2.05, 4.69) is 0 Å². The molecule has 0 aliphatic rings. The van der Waals surface area contributed by atoms with Crippen molar-refractivity contribution in [3.63, 3.8) is 0 Å². The van der Waals surface area contributed by atoms with Gasteiger partial charge in [0.05, 0.1) is 12.2 Å². The van der Waals surface area contributed by atoms with E-state index in [0.717, 1.165) is 18.2 Å². The molecule has 84 valence electrons. The number of rotatable bonds is 4. The molecule has 0 radical (unpaired) electrons. The Balaban J connectivity index is 2.61. The van der Waals surface area contributed by atoms with Gasteiger partial charge in [0.15, 0.2) is 0 Å². The fourth-order valence-electron chi connectivity index (χ4n) is 1.28. The van der Waals surface area contributed by atoms with Crippen molar-refractivity contribution in [2.45, 2.75) is 32.0 Å². The van der Waals surface area contributed by atoms with Crippen molar-refractivity contribution in [2.75, 3.05) is 0 Å². The molecule has 0 aliphatic carbocycles. The van der Waals surface area contributed by atoms with Gasteiger partial charge in [0.25, 0.3) is 0 Å². The Morgan fingerprint density at radius 1 is 1.27 bits per heavy atom. The van der Waals surface area contributed by atoms with Crippen LogP contribution < -0.4 is 0 Å². The molecule has 2 nitrogen and oxygen atoms in total. The second-order valence-corrected chi connectivity index (χ2v) is 3.58. The summed E-state index contributed by atoms with van der Waals surface area (Å²) in [6.07, 6.45) is -1.36. The molecule has 2 unspecified atom stereocenters. The second kappa shape index (κ2) is 5.19. The standard InChI is InChI=1S/C11H14F2O2/c1-7(14)11(15)5-2-8-6-9(12)3-4-10(8)13/h3-4,6-7,11,14-15H,2,5H2,1H3. The third-order valence-corrected chi connectivity index (χ3v) is 2.27. The lowest BCUT2D eigenvalue weighted by Crippen LogP contribution is -2.23. The van der Waals surface area contributed by atoms with E-state index in [1.54, 1.807) is 0 Å². The van der Waals surface area contributed by atoms with E-state index in [4.69, 9.17) is 5.11 Å². The summed E-state index contributed by atoms with van der Waals surface area (Å²) in [5, 5.41) is 18.3. The number of hydrogen-bond donors (Lipinski definition) is 2. The van der Waals surface area contributed by atoms with E-state index in [1.165, 1.54) is 6.92 Å². The summed E-state index contributed by atoms with van der Waals surface area (Å²) in [6.45, 7) is 1.45. The molecule has 1 aromatic rings. The highest BCUT2D eigenvalue weighted by molar-refractivity contribution is 5.18. The predicted octanol–water partition coefficient (Wildman–Crippen LogP) is 1.64. The number of aryl methyl sites for hydroxylation is 1. The second-order valence-electron chi connectivity index (χ2n) is 3.58. The highest BCUT2D eigenvalue weighted by atomic mass is 19.1. The molecule has 0 aromatic heterocycles. The molecule has 0 heterocycles. The van der Waals surface area contributed by atoms with Gasteiger partial charge in [0.2, 0.25) is 0 Å². The van der Waals surface area contributed by atoms with Crippen molar-refractivity contribution >= 4 is 0 Å². The Bertz CT molecular complexity index is 326. The summed E-state index contributed by atoms with van der Waals surface area (Å²) in [5.74, 6) is -0.993. The lowest BCUT2D eigenvalue weighted by atomic mass is 10.0. The number of aliphatic hydroxyl groups excluding tert-OH is 2. The number of halogens is 2. The van der Waals surface area contributed by atoms with Crippen LogP contribution in [0, 0.1) is 11.6 Å². The van der Waals surface area contributed by atoms with Crippen LogP contribution in [0.4, 0.5) is 8.78 Å². The summed E-state index contributed by atoms with van der Waals surface area (Å²) in [4.78, 5) is 0. The monoisotopic (exact) mass is 216 g/mol. The molecular weight excluding hydrogens is 202 g/mol. The van der Waals surface area contributed by atoms with Gasteiger partial charge in [0.1, 0.15) is 11.6 Å². The smallest absolute Gasteiger partial charge is 0.126 e. The largest absolute Gasteiger partial charge is 0.391 e. The van der Waals surface area contributed by atoms with Gasteiger partial charge >= 0.3 is 0 Å². The van der Waals surface area contributed by atoms with Gasteiger partial charge in [-0.25, -0.2) is 8.78 Å². The first-order valence-corrected chi connectivity index (χ1v) is 4.80. The van der Waals surface area contributed by atoms with E-state index in [0.29, 0.717) is 0 Å². The van der Waals surface area contributed by atoms with Crippen LogP contribution in [-0.2, 0) is 6.42 Å². The maximum Gasteiger partial charge on any atom is 0.126 e. The zero-order valence-electron chi connectivity index (χ0n) is 8.45. The van der Waals surface area contributed by atoms with Gasteiger partial charge in [-0.15, -0.1) is 0 Å². The van der Waals surface area contributed by atoms with Crippen LogP contribution in [0.25, 0.3) is 0 Å². The van der Waals surface area contributed by atoms with Crippen LogP contribution in [0.1, 0.15) is 18.9 Å². The van der Waals surface area contributed by atoms with E-state index in [9.17, 15) is 13.9 Å². The van der Waals surface area contributed by atoms with Crippen molar-refractivity contribution < 1.29 is 19.0 Å². The first-order chi connectivity index (χ1) is 7.00. The van der Waals surface area contributed by atoms with E-state index < -0.39 is 23.8 Å². The van der Waals surface area contributed by atoms with Gasteiger partial charge in [-0.05, 0) is 43.5 Å². The first-order valence-electron chi connectivity index (χ1n) is 4.80. The molecule has 4 heteroatoms. The summed E-state index contributed by atoms with van der Waals surface area (Å²) in [6, 6.07) is 3.20. The zero-order chi connectivity index (χ0) is 11.4. The van der Waals surface area contributed by atoms with Crippen LogP contribution in [-0.4, -0.2) is 22.4 Å². The third kappa shape index (κ3) is 3.57. The number of hydrogen-bond acceptors (Lipinski definition) is 2. The van der Waals surface area contributed by atoms with Gasteiger partial charge in [-0.3, -0.25) is 0 Å². The molecule has 1 aromatic carbocycles. The van der Waals surface area contributed by atoms with E-state index in [1.807, 2.05) is 0 Å². The fraction of sp³-hybridized carbons (Fsp3) is 0.455. The molecule has 0 aliphatic heterocycles. The molecule has 2 N–H and O–H groups in total. The van der Waals surface area contributed by atoms with Gasteiger partial charge < -0.3 is 10.2 Å². The highest BCUT2D eigenvalue weighted by Crippen LogP contribution is 2.13. The Kier molecular flexibility index (Phi) is 4.17. The SMILES string of the molecule is CC(O)C(O)CCc1cc(F)ccc1F. The highest BCUT2D eigenvalue weighted by Gasteiger charge is 2.12. The zero-order valence-corrected chi connectivity index (χ0v) is 8.45. The number of aliphatic hydroxyl groups is 2. The van der Waals surface area contributed by atoms with Crippen molar-refractivity contribution in [1.29, 1.82) is 0 Å². The fourth-order valence-corrected chi connectivity index (χ4v) is 1.28. The minimum absolute atomic E-state index is 0.204. The summed E-state index contributed by atoms with van der Waals surface area (Å²) < 4.78 is 25.9. The molecule has 15 heavy (non-hydrogen) atoms. The minimum Gasteiger partial charge on any atom is -0.391 e. The molecule has 1 rings (SSSR count). The van der Waals surface area contributed by atoms with E-state index >= 15 is 0 Å². The Hall–Kier alpha value is -1.00. The molecule has 0 spiro atoms. The Labute approximate surface area is 87.2 Å². The van der Waals surface area contributed by atoms with Crippen LogP contribution in [0.5, 0.6) is 0 Å². The van der Waals surface area contributed by atoms with Gasteiger partial charge in [-0.1, -0.05) is 0 Å². The third-order valence-electron chi connectivity index (χ3n) is 2.27. The summed E-state index contributed by atoms with van der Waals surface area (Å²) >= 11 is 0. The van der Waals surface area contributed by atoms with Crippen molar-refractivity contribution in [3.05, 3.63) is 35.4 Å². The topological polar surface area (TPSA) is 40.5 Å². The van der Waals surface area contributed by atoms with Crippen molar-refractivity contribution in [2.24, 2.45) is 0 Å². The summed E-state index contributed by atoms with van der Waals surface area (Å²) in [5.41, 5.74) is 0.217. The summed E-state index contributed by atoms with van der Waals surface area (Å²) in [7, 11) is 0. The molecule has 0 fully saturated rings. The molecule has 0 saturated heterocycles. The minimum atomic E-state index is -0.910. The normalized spacial score (nSPS) is 15.0. The van der Waals surface area contributed by atoms with Crippen LogP contribution in [0.3, 0.4) is 0 Å². The molecular formula is C11H14F2O2. The molecule has 0 bridgehead atoms. The lowest BCUT2D eigenvalue weighted by molar-refractivity contribution is 0.0264. The van der Waals surface area contributed by atoms with Crippen LogP contribution in [0.2, 0.25) is 0 Å². The van der Waals surface area contributed by atoms with Crippen molar-refractivity contribution in [1.82, 2.24) is 0 Å². The van der Waals surface area contributed by atoms with Crippen LogP contribution in [0.15, 0.2) is 18.2 Å². The Morgan fingerprint density at radius 3 is 2.53 bits per heavy atom. The van der Waals surface area contributed by atoms with Gasteiger partial charge in [0, 0.05) is 0 Å². The number of benzene rings is 1. The average molecular weight is 216 g/mol. The van der Waals surface area contributed by atoms with Gasteiger partial charge in [-0.2, -0.15) is 0 Å². The maximum atomic E-state index is 13.1. The van der Waals surface area contributed by atoms with Crippen LogP contribution >= 0.6 is 0 Å². The average Bonchev–Trinajstić information content (AvgIpc) is 2.18. The molecule has 0 saturated carbocycles. The lowest BCUT2D eigenvalue weighted by Gasteiger charge is -2.13. The van der Waals surface area contributed by atoms with Crippen molar-refractivity contribution in [3.8, 4) is 0 Å². The first kappa shape index (κ1) is 12.1. The maximum absolute atomic E-state index is 13.1.